The first-order chi connectivity index (χ1) is 14.1. The number of rotatable bonds is 10. The van der Waals surface area contributed by atoms with E-state index in [-0.39, 0.29) is 42.5 Å². The van der Waals surface area contributed by atoms with Crippen LogP contribution in [0.5, 0.6) is 5.75 Å². The zero-order chi connectivity index (χ0) is 21.1. The second-order valence-corrected chi connectivity index (χ2v) is 8.24. The topological polar surface area (TPSA) is 69.2 Å². The highest BCUT2D eigenvalue weighted by molar-refractivity contribution is 14.0. The van der Waals surface area contributed by atoms with E-state index in [0.29, 0.717) is 12.5 Å². The molecule has 0 radical (unpaired) electrons. The van der Waals surface area contributed by atoms with Crippen LogP contribution in [-0.4, -0.2) is 87.6 Å². The summed E-state index contributed by atoms with van der Waals surface area (Å²) in [5.74, 6) is 2.54. The van der Waals surface area contributed by atoms with Gasteiger partial charge in [0.1, 0.15) is 12.3 Å². The van der Waals surface area contributed by atoms with E-state index in [4.69, 9.17) is 4.74 Å². The van der Waals surface area contributed by atoms with Gasteiger partial charge in [-0.15, -0.1) is 24.0 Å². The van der Waals surface area contributed by atoms with E-state index in [0.717, 1.165) is 31.1 Å². The molecule has 7 nitrogen and oxygen atoms in total. The Balaban J connectivity index is 0.00000450. The number of nitrogens with zero attached hydrogens (tertiary/aromatic N) is 3. The Morgan fingerprint density at radius 1 is 1.27 bits per heavy atom. The van der Waals surface area contributed by atoms with Crippen molar-refractivity contribution in [1.82, 2.24) is 20.4 Å². The third-order valence-electron chi connectivity index (χ3n) is 5.01. The molecule has 1 atom stereocenters. The number of hydrogen-bond acceptors (Lipinski definition) is 5. The van der Waals surface area contributed by atoms with Crippen LogP contribution in [0.4, 0.5) is 0 Å². The predicted molar refractivity (Wildman–Crippen MR) is 137 cm³/mol. The molecule has 1 amide bonds. The van der Waals surface area contributed by atoms with E-state index in [1.54, 1.807) is 37.9 Å². The first-order valence-electron chi connectivity index (χ1n) is 10.1. The average Bonchev–Trinajstić information content (AvgIpc) is 3.26. The summed E-state index contributed by atoms with van der Waals surface area (Å²) in [5.41, 5.74) is 1.18. The van der Waals surface area contributed by atoms with E-state index in [1.165, 1.54) is 18.4 Å². The van der Waals surface area contributed by atoms with Crippen LogP contribution in [0.1, 0.15) is 24.4 Å². The molecule has 1 saturated heterocycles. The van der Waals surface area contributed by atoms with Gasteiger partial charge in [0.2, 0.25) is 5.91 Å². The molecule has 1 aliphatic heterocycles. The molecule has 9 heteroatoms. The van der Waals surface area contributed by atoms with E-state index in [2.05, 4.69) is 38.9 Å². The van der Waals surface area contributed by atoms with Crippen LogP contribution >= 0.6 is 35.7 Å². The lowest BCUT2D eigenvalue weighted by molar-refractivity contribution is -0.127. The molecule has 2 N–H and O–H groups in total. The van der Waals surface area contributed by atoms with Gasteiger partial charge in [-0.05, 0) is 38.3 Å². The van der Waals surface area contributed by atoms with Crippen LogP contribution in [-0.2, 0) is 4.79 Å². The highest BCUT2D eigenvalue weighted by atomic mass is 127. The second kappa shape index (κ2) is 14.7. The largest absolute Gasteiger partial charge is 0.496 e. The lowest BCUT2D eigenvalue weighted by atomic mass is 10.0. The Morgan fingerprint density at radius 2 is 1.97 bits per heavy atom. The molecule has 1 unspecified atom stereocenters. The fourth-order valence-electron chi connectivity index (χ4n) is 3.36. The SMILES string of the molecule is COc1ccccc1C(CNC(=NCC(=O)N(C)C)NCCSC)N1CCCC1.I. The molecular weight excluding hydrogens is 513 g/mol. The van der Waals surface area contributed by atoms with E-state index < -0.39 is 0 Å². The van der Waals surface area contributed by atoms with Crippen molar-refractivity contribution in [2.75, 3.05) is 65.9 Å². The van der Waals surface area contributed by atoms with E-state index in [9.17, 15) is 4.79 Å². The molecule has 170 valence electrons. The van der Waals surface area contributed by atoms with Crippen LogP contribution in [0.15, 0.2) is 29.3 Å². The summed E-state index contributed by atoms with van der Waals surface area (Å²) in [5, 5.41) is 6.80. The lowest BCUT2D eigenvalue weighted by Crippen LogP contribution is -2.44. The maximum absolute atomic E-state index is 12.0. The van der Waals surface area contributed by atoms with Gasteiger partial charge >= 0.3 is 0 Å². The summed E-state index contributed by atoms with van der Waals surface area (Å²) in [6, 6.07) is 8.39. The number of likely N-dealkylation sites (N-methyl/N-ethyl adjacent to an activating group) is 1. The zero-order valence-electron chi connectivity index (χ0n) is 18.5. The Morgan fingerprint density at radius 3 is 2.60 bits per heavy atom. The summed E-state index contributed by atoms with van der Waals surface area (Å²) in [6.45, 7) is 3.78. The number of likely N-dealkylation sites (tertiary alicyclic amines) is 1. The molecule has 0 saturated carbocycles. The number of halogens is 1. The molecule has 30 heavy (non-hydrogen) atoms. The minimum Gasteiger partial charge on any atom is -0.496 e. The first kappa shape index (κ1) is 26.8. The number of benzene rings is 1. The fourth-order valence-corrected chi connectivity index (χ4v) is 3.66. The number of guanidine groups is 1. The summed E-state index contributed by atoms with van der Waals surface area (Å²) in [4.78, 5) is 20.5. The van der Waals surface area contributed by atoms with E-state index >= 15 is 0 Å². The van der Waals surface area contributed by atoms with Crippen LogP contribution in [0.3, 0.4) is 0 Å². The van der Waals surface area contributed by atoms with Gasteiger partial charge in [0.05, 0.1) is 13.2 Å². The van der Waals surface area contributed by atoms with Gasteiger partial charge in [-0.3, -0.25) is 9.69 Å². The predicted octanol–water partition coefficient (Wildman–Crippen LogP) is 2.44. The normalized spacial score (nSPS) is 15.3. The van der Waals surface area contributed by atoms with Gasteiger partial charge in [0, 0.05) is 38.5 Å². The molecule has 2 rings (SSSR count). The molecule has 1 aromatic rings. The minimum absolute atomic E-state index is 0. The number of aliphatic imine (C=N–C) groups is 1. The van der Waals surface area contributed by atoms with Crippen LogP contribution in [0.2, 0.25) is 0 Å². The first-order valence-corrected chi connectivity index (χ1v) is 11.5. The maximum Gasteiger partial charge on any atom is 0.243 e. The fraction of sp³-hybridized carbons (Fsp3) is 0.619. The summed E-state index contributed by atoms with van der Waals surface area (Å²) < 4.78 is 5.62. The van der Waals surface area contributed by atoms with Gasteiger partial charge < -0.3 is 20.3 Å². The minimum atomic E-state index is -0.0169. The smallest absolute Gasteiger partial charge is 0.243 e. The van der Waals surface area contributed by atoms with Crippen molar-refractivity contribution in [2.45, 2.75) is 18.9 Å². The Kier molecular flexibility index (Phi) is 13.2. The number of nitrogens with one attached hydrogen (secondary N) is 2. The van der Waals surface area contributed by atoms with Gasteiger partial charge in [-0.2, -0.15) is 11.8 Å². The Bertz CT molecular complexity index is 669. The van der Waals surface area contributed by atoms with Crippen molar-refractivity contribution in [2.24, 2.45) is 4.99 Å². The molecule has 0 bridgehead atoms. The molecule has 1 fully saturated rings. The third kappa shape index (κ3) is 8.50. The number of carbonyl (C=O) groups is 1. The number of amides is 1. The van der Waals surface area contributed by atoms with Crippen molar-refractivity contribution in [3.05, 3.63) is 29.8 Å². The average molecular weight is 550 g/mol. The van der Waals surface area contributed by atoms with Crippen molar-refractivity contribution < 1.29 is 9.53 Å². The Labute approximate surface area is 202 Å². The maximum atomic E-state index is 12.0. The third-order valence-corrected chi connectivity index (χ3v) is 5.62. The number of hydrogen-bond donors (Lipinski definition) is 2. The molecule has 0 spiro atoms. The van der Waals surface area contributed by atoms with Crippen molar-refractivity contribution in [1.29, 1.82) is 0 Å². The molecule has 1 heterocycles. The molecule has 1 aliphatic rings. The zero-order valence-corrected chi connectivity index (χ0v) is 21.7. The monoisotopic (exact) mass is 549 g/mol. The Hall–Kier alpha value is -1.20. The van der Waals surface area contributed by atoms with Gasteiger partial charge in [0.25, 0.3) is 0 Å². The quantitative estimate of drug-likeness (QED) is 0.202. The van der Waals surface area contributed by atoms with Crippen LogP contribution < -0.4 is 15.4 Å². The number of methoxy groups -OCH3 is 1. The molecule has 1 aromatic carbocycles. The standard InChI is InChI=1S/C21H35N5O2S.HI/c1-25(2)20(27)16-24-21(22-11-14-29-4)23-15-18(26-12-7-8-13-26)17-9-5-6-10-19(17)28-3;/h5-6,9-10,18H,7-8,11-16H2,1-4H3,(H2,22,23,24);1H. The second-order valence-electron chi connectivity index (χ2n) is 7.25. The van der Waals surface area contributed by atoms with Gasteiger partial charge in [0.15, 0.2) is 5.96 Å². The number of para-hydroxylation sites is 1. The van der Waals surface area contributed by atoms with Crippen LogP contribution in [0.25, 0.3) is 0 Å². The molecule has 0 aliphatic carbocycles. The number of carbonyl (C=O) groups excluding carboxylic acids is 1. The molecular formula is C21H36IN5O2S. The van der Waals surface area contributed by atoms with Gasteiger partial charge in [-0.1, -0.05) is 18.2 Å². The van der Waals surface area contributed by atoms with Crippen molar-refractivity contribution >= 4 is 47.6 Å². The van der Waals surface area contributed by atoms with E-state index in [1.807, 2.05) is 12.1 Å². The summed E-state index contributed by atoms with van der Waals surface area (Å²) in [6.07, 6.45) is 4.51. The van der Waals surface area contributed by atoms with Crippen LogP contribution in [0, 0.1) is 0 Å². The lowest BCUT2D eigenvalue weighted by Gasteiger charge is -2.30. The van der Waals surface area contributed by atoms with Crippen molar-refractivity contribution in [3.8, 4) is 5.75 Å². The number of thioether (sulfide) groups is 1. The van der Waals surface area contributed by atoms with Gasteiger partial charge in [-0.25, -0.2) is 4.99 Å². The molecule has 0 aromatic heterocycles. The highest BCUT2D eigenvalue weighted by Crippen LogP contribution is 2.31. The summed E-state index contributed by atoms with van der Waals surface area (Å²) in [7, 11) is 5.21. The van der Waals surface area contributed by atoms with Crippen molar-refractivity contribution in [3.63, 3.8) is 0 Å². The highest BCUT2D eigenvalue weighted by Gasteiger charge is 2.26. The number of ether oxygens (including phenoxy) is 1. The summed E-state index contributed by atoms with van der Waals surface area (Å²) >= 11 is 1.77.